The molecule has 0 radical (unpaired) electrons. The second-order valence-electron chi connectivity index (χ2n) is 4.07. The zero-order valence-corrected chi connectivity index (χ0v) is 11.5. The van der Waals surface area contributed by atoms with Crippen LogP contribution in [0.4, 0.5) is 0 Å². The molecule has 0 aromatic heterocycles. The largest absolute Gasteiger partial charge is 0.457 e. The molecule has 0 spiro atoms. The molecule has 13 heteroatoms. The van der Waals surface area contributed by atoms with Crippen molar-refractivity contribution < 1.29 is 52.1 Å². The van der Waals surface area contributed by atoms with Crippen LogP contribution in [0.15, 0.2) is 0 Å². The summed E-state index contributed by atoms with van der Waals surface area (Å²) in [6.07, 6.45) is -5.24. The van der Waals surface area contributed by atoms with E-state index in [-0.39, 0.29) is 0 Å². The number of amides is 1. The molecule has 2 saturated heterocycles. The molecular weight excluding hydrogens is 318 g/mol. The average molecular weight is 333 g/mol. The van der Waals surface area contributed by atoms with Crippen molar-refractivity contribution in [1.29, 1.82) is 0 Å². The molecule has 21 heavy (non-hydrogen) atoms. The van der Waals surface area contributed by atoms with Gasteiger partial charge in [0.2, 0.25) is 5.91 Å². The molecule has 2 rings (SSSR count). The molecule has 2 aliphatic rings. The lowest BCUT2D eigenvalue weighted by molar-refractivity contribution is -0.477. The minimum atomic E-state index is -3.70. The van der Waals surface area contributed by atoms with Crippen LogP contribution in [-0.2, 0) is 33.6 Å². The first-order valence-electron chi connectivity index (χ1n) is 5.55. The normalized spacial score (nSPS) is 37.7. The van der Waals surface area contributed by atoms with Gasteiger partial charge >= 0.3 is 10.4 Å². The number of hydrogen-bond acceptors (Lipinski definition) is 11. The Kier molecular flexibility index (Phi) is 6.39. The number of nitrogens with one attached hydrogen (secondary N) is 1. The minimum Gasteiger partial charge on any atom is -0.394 e. The zero-order chi connectivity index (χ0) is 16.2. The molecule has 124 valence electrons. The molecule has 5 N–H and O–H groups in total. The van der Waals surface area contributed by atoms with Crippen LogP contribution in [0, 0.1) is 0 Å². The van der Waals surface area contributed by atoms with Crippen molar-refractivity contribution in [2.75, 3.05) is 6.61 Å². The predicted molar refractivity (Wildman–Crippen MR) is 59.8 cm³/mol. The van der Waals surface area contributed by atoms with Gasteiger partial charge in [-0.25, -0.2) is 0 Å². The molecule has 2 heterocycles. The van der Waals surface area contributed by atoms with Gasteiger partial charge in [0.05, 0.1) is 6.61 Å². The van der Waals surface area contributed by atoms with Gasteiger partial charge in [-0.3, -0.25) is 4.79 Å². The predicted octanol–water partition coefficient (Wildman–Crippen LogP) is -3.95. The Morgan fingerprint density at radius 2 is 1.71 bits per heavy atom. The molecule has 5 atom stereocenters. The molecule has 0 saturated carbocycles. The van der Waals surface area contributed by atoms with Crippen molar-refractivity contribution in [3.8, 4) is 0 Å². The van der Waals surface area contributed by atoms with E-state index in [1.54, 1.807) is 0 Å². The Labute approximate surface area is 119 Å². The highest BCUT2D eigenvalue weighted by atomic mass is 32.3. The maximum atomic E-state index is 10.7. The highest BCUT2D eigenvalue weighted by Gasteiger charge is 2.43. The summed E-state index contributed by atoms with van der Waals surface area (Å²) in [4.78, 5) is 10.7. The molecule has 0 aliphatic carbocycles. The topological polar surface area (TPSA) is 181 Å². The van der Waals surface area contributed by atoms with Gasteiger partial charge in [-0.15, -0.1) is 0 Å². The van der Waals surface area contributed by atoms with Crippen LogP contribution in [0.25, 0.3) is 0 Å². The fourth-order valence-electron chi connectivity index (χ4n) is 1.56. The number of rotatable bonds is 2. The molecular formula is C8H15NO11S. The van der Waals surface area contributed by atoms with Gasteiger partial charge < -0.3 is 30.5 Å². The lowest BCUT2D eigenvalue weighted by Gasteiger charge is -2.40. The summed E-state index contributed by atoms with van der Waals surface area (Å²) < 4.78 is 30.6. The van der Waals surface area contributed by atoms with Crippen LogP contribution in [-0.4, -0.2) is 72.0 Å². The Morgan fingerprint density at radius 3 is 2.05 bits per heavy atom. The summed E-state index contributed by atoms with van der Waals surface area (Å²) in [5, 5.41) is 42.7. The van der Waals surface area contributed by atoms with Gasteiger partial charge in [-0.2, -0.15) is 8.42 Å². The SMILES string of the molecule is CC(=O)N[C@H]1C(O)O[C@H](CO)[C@H](O)[C@@H]1O.O=S1(=O)OOO1. The smallest absolute Gasteiger partial charge is 0.394 e. The zero-order valence-electron chi connectivity index (χ0n) is 10.6. The van der Waals surface area contributed by atoms with Crippen LogP contribution in [0.3, 0.4) is 0 Å². The van der Waals surface area contributed by atoms with E-state index in [1.807, 2.05) is 0 Å². The highest BCUT2D eigenvalue weighted by Crippen LogP contribution is 2.19. The fourth-order valence-corrected chi connectivity index (χ4v) is 1.71. The molecule has 0 bridgehead atoms. The molecule has 2 fully saturated rings. The van der Waals surface area contributed by atoms with Crippen LogP contribution < -0.4 is 5.32 Å². The van der Waals surface area contributed by atoms with Gasteiger partial charge in [-0.05, 0) is 13.7 Å². The lowest BCUT2D eigenvalue weighted by Crippen LogP contribution is -2.63. The second-order valence-corrected chi connectivity index (χ2v) is 5.16. The van der Waals surface area contributed by atoms with E-state index < -0.39 is 53.6 Å². The monoisotopic (exact) mass is 333 g/mol. The van der Waals surface area contributed by atoms with Crippen molar-refractivity contribution in [1.82, 2.24) is 5.32 Å². The third-order valence-corrected chi connectivity index (χ3v) is 2.94. The lowest BCUT2D eigenvalue weighted by atomic mass is 9.97. The minimum absolute atomic E-state index is 0.462. The quantitative estimate of drug-likeness (QED) is 0.311. The summed E-state index contributed by atoms with van der Waals surface area (Å²) in [7, 11) is -3.70. The molecule has 0 aromatic carbocycles. The van der Waals surface area contributed by atoms with Crippen molar-refractivity contribution >= 4 is 16.3 Å². The summed E-state index contributed by atoms with van der Waals surface area (Å²) >= 11 is 0. The van der Waals surface area contributed by atoms with Gasteiger partial charge in [0.1, 0.15) is 24.4 Å². The van der Waals surface area contributed by atoms with E-state index in [4.69, 9.17) is 9.84 Å². The number of aliphatic hydroxyl groups excluding tert-OH is 4. The van der Waals surface area contributed by atoms with Gasteiger partial charge in [-0.1, -0.05) is 0 Å². The highest BCUT2D eigenvalue weighted by molar-refractivity contribution is 7.82. The van der Waals surface area contributed by atoms with Crippen LogP contribution in [0.1, 0.15) is 6.92 Å². The first kappa shape index (κ1) is 18.1. The maximum absolute atomic E-state index is 10.7. The van der Waals surface area contributed by atoms with Crippen LogP contribution in [0.5, 0.6) is 0 Å². The van der Waals surface area contributed by atoms with Crippen molar-refractivity contribution in [3.63, 3.8) is 0 Å². The van der Waals surface area contributed by atoms with E-state index in [2.05, 4.69) is 19.0 Å². The summed E-state index contributed by atoms with van der Waals surface area (Å²) in [5.41, 5.74) is 0. The van der Waals surface area contributed by atoms with E-state index >= 15 is 0 Å². The summed E-state index contributed by atoms with van der Waals surface area (Å²) in [6, 6.07) is -1.10. The van der Waals surface area contributed by atoms with Crippen LogP contribution >= 0.6 is 0 Å². The summed E-state index contributed by atoms with van der Waals surface area (Å²) in [6.45, 7) is 0.687. The molecule has 0 aromatic rings. The third kappa shape index (κ3) is 5.10. The van der Waals surface area contributed by atoms with Gasteiger partial charge in [0.15, 0.2) is 6.29 Å². The van der Waals surface area contributed by atoms with Gasteiger partial charge in [0.25, 0.3) is 0 Å². The number of hydrogen-bond donors (Lipinski definition) is 5. The summed E-state index contributed by atoms with van der Waals surface area (Å²) in [5.74, 6) is -0.462. The van der Waals surface area contributed by atoms with Gasteiger partial charge in [0, 0.05) is 6.92 Å². The fraction of sp³-hybridized carbons (Fsp3) is 0.875. The Hall–Kier alpha value is -0.900. The Bertz CT molecular complexity index is 443. The average Bonchev–Trinajstić information content (AvgIpc) is 2.38. The number of carbonyl (C=O) groups excluding carboxylic acids is 1. The number of aliphatic hydroxyl groups is 4. The third-order valence-electron chi connectivity index (χ3n) is 2.49. The first-order valence-corrected chi connectivity index (χ1v) is 6.88. The molecule has 1 unspecified atom stereocenters. The van der Waals surface area contributed by atoms with Crippen molar-refractivity contribution in [2.45, 2.75) is 37.6 Å². The van der Waals surface area contributed by atoms with Crippen molar-refractivity contribution in [3.05, 3.63) is 0 Å². The molecule has 12 nitrogen and oxygen atoms in total. The van der Waals surface area contributed by atoms with E-state index in [1.165, 1.54) is 6.92 Å². The Balaban J connectivity index is 0.000000304. The second kappa shape index (κ2) is 7.39. The Morgan fingerprint density at radius 1 is 1.19 bits per heavy atom. The maximum Gasteiger partial charge on any atom is 0.457 e. The van der Waals surface area contributed by atoms with E-state index in [9.17, 15) is 28.5 Å². The number of ether oxygens (including phenoxy) is 1. The van der Waals surface area contributed by atoms with Crippen LogP contribution in [0.2, 0.25) is 0 Å². The standard InChI is InChI=1S/C8H15NO6.O5S/c1-3(11)9-5-7(13)6(12)4(2-10)15-8(5)14;1-6(2)4-3-5-6/h4-8,10,12-14H,2H2,1H3,(H,9,11);/t4-,5-,6+,7-,8?;/m1./s1. The first-order chi connectivity index (χ1) is 9.68. The van der Waals surface area contributed by atoms with E-state index in [0.29, 0.717) is 0 Å². The number of carbonyl (C=O) groups is 1. The molecule has 1 amide bonds. The molecule has 2 aliphatic heterocycles. The van der Waals surface area contributed by atoms with E-state index in [0.717, 1.165) is 0 Å². The van der Waals surface area contributed by atoms with Crippen molar-refractivity contribution in [2.24, 2.45) is 0 Å².